The highest BCUT2D eigenvalue weighted by Gasteiger charge is 2.23. The van der Waals surface area contributed by atoms with Crippen LogP contribution < -0.4 is 16.2 Å². The van der Waals surface area contributed by atoms with Gasteiger partial charge in [-0.3, -0.25) is 4.79 Å². The third-order valence-electron chi connectivity index (χ3n) is 3.07. The lowest BCUT2D eigenvalue weighted by molar-refractivity contribution is 0.462. The first-order valence-electron chi connectivity index (χ1n) is 6.25. The quantitative estimate of drug-likeness (QED) is 0.910. The molecule has 5 nitrogen and oxygen atoms in total. The van der Waals surface area contributed by atoms with Gasteiger partial charge in [0.05, 0.1) is 11.9 Å². The van der Waals surface area contributed by atoms with E-state index in [0.717, 1.165) is 25.2 Å². The van der Waals surface area contributed by atoms with E-state index in [-0.39, 0.29) is 11.6 Å². The normalized spacial score (nSPS) is 19.8. The van der Waals surface area contributed by atoms with Crippen LogP contribution in [0.3, 0.4) is 0 Å². The molecule has 0 bridgehead atoms. The van der Waals surface area contributed by atoms with Gasteiger partial charge in [0, 0.05) is 25.7 Å². The van der Waals surface area contributed by atoms with Crippen molar-refractivity contribution in [1.29, 1.82) is 0 Å². The summed E-state index contributed by atoms with van der Waals surface area (Å²) in [5, 5.41) is 4.24. The second-order valence-electron chi connectivity index (χ2n) is 5.22. The smallest absolute Gasteiger partial charge is 0.283 e. The Morgan fingerprint density at radius 1 is 1.61 bits per heavy atom. The van der Waals surface area contributed by atoms with E-state index in [1.54, 1.807) is 6.20 Å². The van der Waals surface area contributed by atoms with Crippen LogP contribution in [0, 0.1) is 5.92 Å². The van der Waals surface area contributed by atoms with Gasteiger partial charge in [-0.05, 0) is 28.3 Å². The van der Waals surface area contributed by atoms with Gasteiger partial charge in [-0.25, -0.2) is 4.68 Å². The molecule has 2 N–H and O–H groups in total. The standard InChI is InChI=1S/C12H19BrN4O/c1-8(2)6-17-12(18)11(13)10(5-15-17)16-4-3-9(14)7-16/h5,8-9H,3-4,6-7,14H2,1-2H3. The minimum atomic E-state index is -0.0679. The maximum absolute atomic E-state index is 12.2. The van der Waals surface area contributed by atoms with E-state index >= 15 is 0 Å². The van der Waals surface area contributed by atoms with Crippen LogP contribution in [0.2, 0.25) is 0 Å². The summed E-state index contributed by atoms with van der Waals surface area (Å²) in [7, 11) is 0. The van der Waals surface area contributed by atoms with Crippen molar-refractivity contribution >= 4 is 21.6 Å². The van der Waals surface area contributed by atoms with Crippen LogP contribution in [0.1, 0.15) is 20.3 Å². The monoisotopic (exact) mass is 314 g/mol. The molecule has 1 atom stereocenters. The molecule has 0 spiro atoms. The van der Waals surface area contributed by atoms with Crippen molar-refractivity contribution in [3.05, 3.63) is 21.0 Å². The van der Waals surface area contributed by atoms with Crippen LogP contribution in [0.25, 0.3) is 0 Å². The molecule has 1 fully saturated rings. The zero-order valence-corrected chi connectivity index (χ0v) is 12.4. The fraction of sp³-hybridized carbons (Fsp3) is 0.667. The Hall–Kier alpha value is -0.880. The summed E-state index contributed by atoms with van der Waals surface area (Å²) in [4.78, 5) is 14.3. The summed E-state index contributed by atoms with van der Waals surface area (Å²) < 4.78 is 2.10. The highest BCUT2D eigenvalue weighted by atomic mass is 79.9. The minimum Gasteiger partial charge on any atom is -0.368 e. The molecule has 1 aromatic rings. The van der Waals surface area contributed by atoms with Crippen molar-refractivity contribution in [2.45, 2.75) is 32.9 Å². The van der Waals surface area contributed by atoms with Crippen LogP contribution in [-0.2, 0) is 6.54 Å². The van der Waals surface area contributed by atoms with Crippen molar-refractivity contribution in [2.75, 3.05) is 18.0 Å². The van der Waals surface area contributed by atoms with E-state index in [4.69, 9.17) is 5.73 Å². The molecule has 1 aliphatic rings. The Kier molecular flexibility index (Phi) is 4.07. The highest BCUT2D eigenvalue weighted by Crippen LogP contribution is 2.24. The Balaban J connectivity index is 2.29. The maximum atomic E-state index is 12.2. The van der Waals surface area contributed by atoms with Gasteiger partial charge in [0.1, 0.15) is 4.47 Å². The van der Waals surface area contributed by atoms with Crippen LogP contribution in [-0.4, -0.2) is 28.9 Å². The number of nitrogens with two attached hydrogens (primary N) is 1. The number of rotatable bonds is 3. The lowest BCUT2D eigenvalue weighted by atomic mass is 10.2. The van der Waals surface area contributed by atoms with Crippen LogP contribution in [0.15, 0.2) is 15.5 Å². The summed E-state index contributed by atoms with van der Waals surface area (Å²) >= 11 is 3.40. The fourth-order valence-corrected chi connectivity index (χ4v) is 2.72. The average molecular weight is 315 g/mol. The molecule has 0 radical (unpaired) electrons. The van der Waals surface area contributed by atoms with Gasteiger partial charge in [-0.2, -0.15) is 5.10 Å². The number of aromatic nitrogens is 2. The van der Waals surface area contributed by atoms with Gasteiger partial charge >= 0.3 is 0 Å². The first kappa shape index (κ1) is 13.5. The molecule has 1 saturated heterocycles. The van der Waals surface area contributed by atoms with Gasteiger partial charge in [0.15, 0.2) is 0 Å². The molecule has 2 heterocycles. The zero-order valence-electron chi connectivity index (χ0n) is 10.8. The number of halogens is 1. The molecule has 6 heteroatoms. The van der Waals surface area contributed by atoms with Crippen LogP contribution >= 0.6 is 15.9 Å². The lowest BCUT2D eigenvalue weighted by Gasteiger charge is -2.19. The summed E-state index contributed by atoms with van der Waals surface area (Å²) in [6.45, 7) is 6.44. The number of nitrogens with zero attached hydrogens (tertiary/aromatic N) is 3. The predicted octanol–water partition coefficient (Wildman–Crippen LogP) is 1.20. The Morgan fingerprint density at radius 3 is 2.89 bits per heavy atom. The van der Waals surface area contributed by atoms with E-state index < -0.39 is 0 Å². The van der Waals surface area contributed by atoms with Crippen molar-refractivity contribution < 1.29 is 0 Å². The maximum Gasteiger partial charge on any atom is 0.283 e. The number of hydrogen-bond donors (Lipinski definition) is 1. The lowest BCUT2D eigenvalue weighted by Crippen LogP contribution is -2.31. The van der Waals surface area contributed by atoms with Gasteiger partial charge < -0.3 is 10.6 Å². The summed E-state index contributed by atoms with van der Waals surface area (Å²) in [6, 6.07) is 0.190. The number of hydrogen-bond acceptors (Lipinski definition) is 4. The largest absolute Gasteiger partial charge is 0.368 e. The Labute approximate surface area is 115 Å². The molecule has 1 aliphatic heterocycles. The first-order chi connectivity index (χ1) is 8.49. The summed E-state index contributed by atoms with van der Waals surface area (Å²) in [5.41, 5.74) is 6.67. The van der Waals surface area contributed by atoms with Gasteiger partial charge in [0.25, 0.3) is 5.56 Å². The van der Waals surface area contributed by atoms with Gasteiger partial charge in [-0.15, -0.1) is 0 Å². The molecular weight excluding hydrogens is 296 g/mol. The van der Waals surface area contributed by atoms with Gasteiger partial charge in [-0.1, -0.05) is 13.8 Å². The van der Waals surface area contributed by atoms with Crippen molar-refractivity contribution in [2.24, 2.45) is 11.7 Å². The molecule has 1 aromatic heterocycles. The molecule has 1 unspecified atom stereocenters. The second-order valence-corrected chi connectivity index (χ2v) is 6.01. The van der Waals surface area contributed by atoms with E-state index in [2.05, 4.69) is 39.8 Å². The molecule has 0 amide bonds. The molecule has 0 aliphatic carbocycles. The van der Waals surface area contributed by atoms with E-state index in [0.29, 0.717) is 16.9 Å². The zero-order chi connectivity index (χ0) is 13.3. The molecule has 2 rings (SSSR count). The average Bonchev–Trinajstić information content (AvgIpc) is 2.71. The Morgan fingerprint density at radius 2 is 2.33 bits per heavy atom. The van der Waals surface area contributed by atoms with E-state index in [1.807, 2.05) is 0 Å². The second kappa shape index (κ2) is 5.40. The molecular formula is C12H19BrN4O. The van der Waals surface area contributed by atoms with Crippen molar-refractivity contribution in [1.82, 2.24) is 9.78 Å². The van der Waals surface area contributed by atoms with Crippen molar-refractivity contribution in [3.8, 4) is 0 Å². The fourth-order valence-electron chi connectivity index (χ4n) is 2.16. The van der Waals surface area contributed by atoms with Crippen LogP contribution in [0.4, 0.5) is 5.69 Å². The van der Waals surface area contributed by atoms with Crippen LogP contribution in [0.5, 0.6) is 0 Å². The molecule has 100 valence electrons. The SMILES string of the molecule is CC(C)Cn1ncc(N2CCC(N)C2)c(Br)c1=O. The third kappa shape index (κ3) is 2.75. The highest BCUT2D eigenvalue weighted by molar-refractivity contribution is 9.10. The topological polar surface area (TPSA) is 64.2 Å². The molecule has 0 aromatic carbocycles. The van der Waals surface area contributed by atoms with Gasteiger partial charge in [0.2, 0.25) is 0 Å². The molecule has 0 saturated carbocycles. The number of anilines is 1. The molecule has 18 heavy (non-hydrogen) atoms. The summed E-state index contributed by atoms with van der Waals surface area (Å²) in [5.74, 6) is 0.396. The summed E-state index contributed by atoms with van der Waals surface area (Å²) in [6.07, 6.45) is 2.72. The van der Waals surface area contributed by atoms with Crippen molar-refractivity contribution in [3.63, 3.8) is 0 Å². The first-order valence-corrected chi connectivity index (χ1v) is 7.04. The predicted molar refractivity (Wildman–Crippen MR) is 75.8 cm³/mol. The Bertz CT molecular complexity index is 485. The van der Waals surface area contributed by atoms with E-state index in [1.165, 1.54) is 4.68 Å². The third-order valence-corrected chi connectivity index (χ3v) is 3.82. The van der Waals surface area contributed by atoms with E-state index in [9.17, 15) is 4.79 Å². The minimum absolute atomic E-state index is 0.0679.